The summed E-state index contributed by atoms with van der Waals surface area (Å²) in [4.78, 5) is 0. The molecule has 6 heteroatoms. The zero-order chi connectivity index (χ0) is 28.9. The summed E-state index contributed by atoms with van der Waals surface area (Å²) in [5.74, 6) is -0.178. The van der Waals surface area contributed by atoms with E-state index in [4.69, 9.17) is 9.05 Å². The van der Waals surface area contributed by atoms with Gasteiger partial charge in [-0.25, -0.2) is 9.65 Å². The number of nitrogens with one attached hydrogen (secondary N) is 1. The second kappa shape index (κ2) is 10.3. The summed E-state index contributed by atoms with van der Waals surface area (Å²) in [6.07, 6.45) is -0.632. The number of hydrogen-bond acceptors (Lipinski definition) is 4. The second-order valence-electron chi connectivity index (χ2n) is 16.1. The topological polar surface area (TPSA) is 67.8 Å². The molecule has 0 aliphatic carbocycles. The van der Waals surface area contributed by atoms with Gasteiger partial charge >= 0.3 is 7.75 Å². The van der Waals surface area contributed by atoms with Crippen molar-refractivity contribution in [3.8, 4) is 0 Å². The van der Waals surface area contributed by atoms with Crippen LogP contribution in [0.4, 0.5) is 0 Å². The van der Waals surface area contributed by atoms with E-state index in [1.165, 1.54) is 14.2 Å². The van der Waals surface area contributed by atoms with Crippen LogP contribution < -0.4 is 5.09 Å². The summed E-state index contributed by atoms with van der Waals surface area (Å²) in [5.41, 5.74) is -3.15. The minimum Gasteiger partial charge on any atom is -0.392 e. The van der Waals surface area contributed by atoms with E-state index in [1.54, 1.807) is 0 Å². The fraction of sp³-hybridized carbons (Fsp3) is 1.00. The highest BCUT2D eigenvalue weighted by Crippen LogP contribution is 2.73. The Bertz CT molecular complexity index is 719. The van der Waals surface area contributed by atoms with Crippen LogP contribution in [0.2, 0.25) is 0 Å². The van der Waals surface area contributed by atoms with Gasteiger partial charge in [0.25, 0.3) is 0 Å². The van der Waals surface area contributed by atoms with E-state index < -0.39 is 30.2 Å². The van der Waals surface area contributed by atoms with Crippen molar-refractivity contribution in [1.29, 1.82) is 0 Å². The molecule has 212 valence electrons. The van der Waals surface area contributed by atoms with Crippen molar-refractivity contribution < 1.29 is 18.7 Å². The molecule has 0 aliphatic heterocycles. The van der Waals surface area contributed by atoms with Gasteiger partial charge in [0.2, 0.25) is 0 Å². The number of aliphatic hydroxyl groups is 1. The summed E-state index contributed by atoms with van der Waals surface area (Å²) >= 11 is 0. The Balaban J connectivity index is 8.63. The molecule has 0 amide bonds. The highest BCUT2D eigenvalue weighted by atomic mass is 31.2. The molecule has 2 N–H and O–H groups in total. The molecule has 0 aromatic carbocycles. The molecule has 3 unspecified atom stereocenters. The van der Waals surface area contributed by atoms with Gasteiger partial charge in [-0.1, -0.05) is 118 Å². The maximum atomic E-state index is 14.0. The smallest absolute Gasteiger partial charge is 0.392 e. The van der Waals surface area contributed by atoms with Crippen molar-refractivity contribution >= 4 is 7.75 Å². The average Bonchev–Trinajstić information content (AvgIpc) is 2.58. The van der Waals surface area contributed by atoms with Crippen molar-refractivity contribution in [3.63, 3.8) is 0 Å². The molecule has 3 atom stereocenters. The summed E-state index contributed by atoms with van der Waals surface area (Å²) < 4.78 is 25.2. The van der Waals surface area contributed by atoms with Crippen LogP contribution >= 0.6 is 7.75 Å². The van der Waals surface area contributed by atoms with E-state index >= 15 is 0 Å². The molecule has 0 heterocycles. The lowest BCUT2D eigenvalue weighted by molar-refractivity contribution is -0.255. The van der Waals surface area contributed by atoms with Gasteiger partial charge in [-0.05, 0) is 38.9 Å². The fourth-order valence-electron chi connectivity index (χ4n) is 8.03. The molecule has 0 rings (SSSR count). The van der Waals surface area contributed by atoms with Crippen LogP contribution in [0.25, 0.3) is 0 Å². The second-order valence-corrected chi connectivity index (χ2v) is 18.1. The third-order valence-electron chi connectivity index (χ3n) is 8.43. The molecule has 0 bridgehead atoms. The standard InChI is InChI=1S/C29H62NO4P/c1-20(2)29(27(15,16)17,30-35(32,33-18)34-19)28(25(9,10)11,26(12,13)14)21(23(3,4)5)22(31)24(6,7)8/h20-22,31H,1-19H3,(H,30,32). The lowest BCUT2D eigenvalue weighted by atomic mass is 9.33. The summed E-state index contributed by atoms with van der Waals surface area (Å²) in [7, 11) is -0.810. The van der Waals surface area contributed by atoms with Crippen molar-refractivity contribution in [2.24, 2.45) is 44.3 Å². The molecule has 0 saturated heterocycles. The molecular weight excluding hydrogens is 457 g/mol. The molecule has 0 aromatic heterocycles. The van der Waals surface area contributed by atoms with Crippen molar-refractivity contribution in [3.05, 3.63) is 0 Å². The lowest BCUT2D eigenvalue weighted by Crippen LogP contribution is -2.79. The van der Waals surface area contributed by atoms with Gasteiger partial charge in [0.05, 0.1) is 6.10 Å². The molecule has 35 heavy (non-hydrogen) atoms. The molecular formula is C29H62NO4P. The van der Waals surface area contributed by atoms with E-state index in [-0.39, 0.29) is 33.5 Å². The first-order valence-electron chi connectivity index (χ1n) is 13.2. The normalized spacial score (nSPS) is 19.0. The van der Waals surface area contributed by atoms with Crippen molar-refractivity contribution in [1.82, 2.24) is 5.09 Å². The third kappa shape index (κ3) is 6.06. The minimum atomic E-state index is -3.68. The van der Waals surface area contributed by atoms with E-state index in [0.717, 1.165) is 0 Å². The molecule has 0 radical (unpaired) electrons. The Labute approximate surface area is 219 Å². The van der Waals surface area contributed by atoms with E-state index in [1.807, 2.05) is 0 Å². The highest BCUT2D eigenvalue weighted by molar-refractivity contribution is 7.51. The van der Waals surface area contributed by atoms with Crippen molar-refractivity contribution in [2.45, 2.75) is 129 Å². The summed E-state index contributed by atoms with van der Waals surface area (Å²) in [5, 5.41) is 15.9. The first kappa shape index (κ1) is 35.1. The Morgan fingerprint density at radius 2 is 1.00 bits per heavy atom. The van der Waals surface area contributed by atoms with Gasteiger partial charge in [0.1, 0.15) is 0 Å². The lowest BCUT2D eigenvalue weighted by Gasteiger charge is -2.74. The Morgan fingerprint density at radius 3 is 1.17 bits per heavy atom. The Hall–Kier alpha value is 0.0700. The van der Waals surface area contributed by atoms with Crippen LogP contribution in [-0.4, -0.2) is 31.0 Å². The van der Waals surface area contributed by atoms with E-state index in [0.29, 0.717) is 0 Å². The fourth-order valence-corrected chi connectivity index (χ4v) is 9.56. The molecule has 0 fully saturated rings. The van der Waals surface area contributed by atoms with Crippen LogP contribution in [0.5, 0.6) is 0 Å². The third-order valence-corrected chi connectivity index (χ3v) is 10.0. The van der Waals surface area contributed by atoms with Gasteiger partial charge in [-0.3, -0.25) is 0 Å². The summed E-state index contributed by atoms with van der Waals surface area (Å²) in [6.45, 7) is 37.8. The van der Waals surface area contributed by atoms with Gasteiger partial charge in [-0.2, -0.15) is 0 Å². The number of aliphatic hydroxyl groups excluding tert-OH is 1. The number of rotatable bonds is 8. The quantitative estimate of drug-likeness (QED) is 0.314. The van der Waals surface area contributed by atoms with Crippen molar-refractivity contribution in [2.75, 3.05) is 14.2 Å². The molecule has 0 spiro atoms. The first-order chi connectivity index (χ1) is 15.0. The van der Waals surface area contributed by atoms with Gasteiger partial charge < -0.3 is 14.2 Å². The van der Waals surface area contributed by atoms with Gasteiger partial charge in [0, 0.05) is 25.2 Å². The minimum absolute atomic E-state index is 0.0107. The maximum absolute atomic E-state index is 14.0. The molecule has 0 saturated carbocycles. The van der Waals surface area contributed by atoms with Crippen LogP contribution in [0.1, 0.15) is 118 Å². The largest absolute Gasteiger partial charge is 0.405 e. The molecule has 0 aliphatic rings. The summed E-state index contributed by atoms with van der Waals surface area (Å²) in [6, 6.07) is 0. The first-order valence-corrected chi connectivity index (χ1v) is 14.8. The SMILES string of the molecule is COP(=O)(NC(C(C)C)(C(C)(C)C)C(C(C(O)C(C)(C)C)C(C)(C)C)(C(C)(C)C)C(C)(C)C)OC. The monoisotopic (exact) mass is 519 g/mol. The zero-order valence-electron chi connectivity index (χ0n) is 26.9. The Morgan fingerprint density at radius 1 is 0.657 bits per heavy atom. The highest BCUT2D eigenvalue weighted by Gasteiger charge is 2.74. The molecule has 0 aromatic rings. The molecule has 5 nitrogen and oxygen atoms in total. The van der Waals surface area contributed by atoms with Crippen LogP contribution in [0.3, 0.4) is 0 Å². The average molecular weight is 520 g/mol. The van der Waals surface area contributed by atoms with Gasteiger partial charge in [0.15, 0.2) is 0 Å². The predicted octanol–water partition coefficient (Wildman–Crippen LogP) is 8.57. The van der Waals surface area contributed by atoms with Crippen LogP contribution in [0, 0.1) is 44.3 Å². The Kier molecular flexibility index (Phi) is 10.3. The number of hydrogen-bond donors (Lipinski definition) is 2. The van der Waals surface area contributed by atoms with Crippen LogP contribution in [0.15, 0.2) is 0 Å². The van der Waals surface area contributed by atoms with E-state index in [2.05, 4.69) is 123 Å². The predicted molar refractivity (Wildman–Crippen MR) is 152 cm³/mol. The zero-order valence-corrected chi connectivity index (χ0v) is 27.7. The maximum Gasteiger partial charge on any atom is 0.405 e. The van der Waals surface area contributed by atoms with Crippen LogP contribution in [-0.2, 0) is 13.6 Å². The van der Waals surface area contributed by atoms with Gasteiger partial charge in [-0.15, -0.1) is 0 Å². The van der Waals surface area contributed by atoms with E-state index in [9.17, 15) is 9.67 Å².